The SMILES string of the molecule is CCN1C(=O)[C@H]2[C@H](CC=C3[C@H]2C[C@@]2(Cl)C(=O)N(c4ccc(F)cc4)C(=O)[C@@]2(Cl)[C@H]3c2ccc(OCc3ccccc3)cc2O)C1=O. The minimum Gasteiger partial charge on any atom is -0.508 e. The quantitative estimate of drug-likeness (QED) is 0.207. The van der Waals surface area contributed by atoms with Crippen molar-refractivity contribution in [2.75, 3.05) is 11.4 Å². The highest BCUT2D eigenvalue weighted by atomic mass is 35.5. The lowest BCUT2D eigenvalue weighted by Crippen LogP contribution is -2.60. The Bertz CT molecular complexity index is 1820. The van der Waals surface area contributed by atoms with Crippen molar-refractivity contribution in [3.8, 4) is 11.5 Å². The number of aromatic hydroxyl groups is 1. The zero-order valence-corrected chi connectivity index (χ0v) is 26.2. The molecule has 2 saturated heterocycles. The number of ether oxygens (including phenoxy) is 1. The molecule has 1 N–H and O–H groups in total. The molecule has 0 aromatic heterocycles. The first-order valence-electron chi connectivity index (χ1n) is 15.1. The van der Waals surface area contributed by atoms with E-state index >= 15 is 0 Å². The highest BCUT2D eigenvalue weighted by Gasteiger charge is 2.76. The lowest BCUT2D eigenvalue weighted by Gasteiger charge is -2.50. The fourth-order valence-corrected chi connectivity index (χ4v) is 8.65. The summed E-state index contributed by atoms with van der Waals surface area (Å²) in [5, 5.41) is 11.5. The molecule has 2 heterocycles. The maximum Gasteiger partial charge on any atom is 0.258 e. The van der Waals surface area contributed by atoms with Crippen molar-refractivity contribution >= 4 is 52.5 Å². The molecule has 236 valence electrons. The number of imide groups is 2. The second-order valence-electron chi connectivity index (χ2n) is 12.2. The zero-order valence-electron chi connectivity index (χ0n) is 24.7. The minimum atomic E-state index is -2.14. The number of nitrogens with zero attached hydrogens (tertiary/aromatic N) is 2. The van der Waals surface area contributed by atoms with Crippen LogP contribution in [0.25, 0.3) is 0 Å². The highest BCUT2D eigenvalue weighted by Crippen LogP contribution is 2.66. The number of hydrogen-bond donors (Lipinski definition) is 1. The molecule has 3 aromatic rings. The van der Waals surface area contributed by atoms with E-state index in [0.29, 0.717) is 11.3 Å². The molecule has 8 nitrogen and oxygen atoms in total. The first-order chi connectivity index (χ1) is 22.0. The third-order valence-electron chi connectivity index (χ3n) is 9.86. The van der Waals surface area contributed by atoms with Gasteiger partial charge in [-0.1, -0.05) is 48.0 Å². The van der Waals surface area contributed by atoms with E-state index < -0.39 is 51.1 Å². The van der Waals surface area contributed by atoms with Crippen molar-refractivity contribution < 1.29 is 33.4 Å². The summed E-state index contributed by atoms with van der Waals surface area (Å²) < 4.78 is 19.7. The molecule has 0 spiro atoms. The molecular formula is C35H29Cl2FN2O6. The number of anilines is 1. The third-order valence-corrected chi connectivity index (χ3v) is 11.3. The third kappa shape index (κ3) is 4.24. The molecular weight excluding hydrogens is 634 g/mol. The number of fused-ring (bicyclic) bond motifs is 4. The highest BCUT2D eigenvalue weighted by molar-refractivity contribution is 6.58. The van der Waals surface area contributed by atoms with Gasteiger partial charge in [-0.05, 0) is 61.6 Å². The van der Waals surface area contributed by atoms with Gasteiger partial charge in [0, 0.05) is 24.1 Å². The van der Waals surface area contributed by atoms with Crippen LogP contribution in [0.5, 0.6) is 11.5 Å². The van der Waals surface area contributed by atoms with Crippen molar-refractivity contribution in [1.82, 2.24) is 4.90 Å². The van der Waals surface area contributed by atoms with Crippen LogP contribution in [-0.2, 0) is 25.8 Å². The van der Waals surface area contributed by atoms with Gasteiger partial charge in [-0.3, -0.25) is 24.1 Å². The Hall–Kier alpha value is -4.21. The number of rotatable bonds is 6. The van der Waals surface area contributed by atoms with Gasteiger partial charge >= 0.3 is 0 Å². The number of amides is 4. The van der Waals surface area contributed by atoms with E-state index in [1.54, 1.807) is 25.1 Å². The fraction of sp³-hybridized carbons (Fsp3) is 0.314. The van der Waals surface area contributed by atoms with Crippen LogP contribution in [-0.4, -0.2) is 49.9 Å². The molecule has 0 unspecified atom stereocenters. The second-order valence-corrected chi connectivity index (χ2v) is 13.4. The Kier molecular flexibility index (Phi) is 7.25. The van der Waals surface area contributed by atoms with Crippen LogP contribution < -0.4 is 9.64 Å². The Labute approximate surface area is 274 Å². The Morgan fingerprint density at radius 1 is 0.935 bits per heavy atom. The van der Waals surface area contributed by atoms with E-state index in [9.17, 15) is 28.7 Å². The van der Waals surface area contributed by atoms with Crippen molar-refractivity contribution in [1.29, 1.82) is 0 Å². The van der Waals surface area contributed by atoms with Gasteiger partial charge in [0.05, 0.1) is 17.5 Å². The van der Waals surface area contributed by atoms with E-state index in [1.165, 1.54) is 23.1 Å². The van der Waals surface area contributed by atoms with Gasteiger partial charge in [0.15, 0.2) is 9.75 Å². The van der Waals surface area contributed by atoms with Crippen LogP contribution in [0.4, 0.5) is 10.1 Å². The summed E-state index contributed by atoms with van der Waals surface area (Å²) in [5.74, 6) is -6.11. The molecule has 4 amide bonds. The molecule has 1 saturated carbocycles. The van der Waals surface area contributed by atoms with Crippen LogP contribution in [0.1, 0.15) is 36.8 Å². The smallest absolute Gasteiger partial charge is 0.258 e. The Balaban J connectivity index is 1.35. The largest absolute Gasteiger partial charge is 0.508 e. The van der Waals surface area contributed by atoms with Gasteiger partial charge in [0.25, 0.3) is 11.8 Å². The van der Waals surface area contributed by atoms with Crippen molar-refractivity contribution in [3.63, 3.8) is 0 Å². The molecule has 46 heavy (non-hydrogen) atoms. The molecule has 2 aliphatic carbocycles. The number of halogens is 3. The molecule has 2 aliphatic heterocycles. The predicted molar refractivity (Wildman–Crippen MR) is 168 cm³/mol. The predicted octanol–water partition coefficient (Wildman–Crippen LogP) is 5.69. The number of allylic oxidation sites excluding steroid dienone is 2. The van der Waals surface area contributed by atoms with Gasteiger partial charge < -0.3 is 9.84 Å². The number of phenolic OH excluding ortho intramolecular Hbond substituents is 1. The standard InChI is InChI=1S/C35H29Cl2FN2O6/c1-2-39-30(42)25-15-14-23-26(28(25)31(39)43)17-34(36)32(44)40(21-10-8-20(38)9-11-21)33(45)35(34,37)29(23)24-13-12-22(16-27(24)41)46-18-19-6-4-3-5-7-19/h3-14,16,25-26,28-29,41H,2,15,17-18H2,1H3/t25-,26+,28-,29+,34+,35-/m0/s1. The fourth-order valence-electron chi connectivity index (χ4n) is 7.72. The summed E-state index contributed by atoms with van der Waals surface area (Å²) in [6.07, 6.45) is 1.83. The lowest BCUT2D eigenvalue weighted by molar-refractivity contribution is -0.140. The summed E-state index contributed by atoms with van der Waals surface area (Å²) in [6, 6.07) is 18.9. The topological polar surface area (TPSA) is 104 Å². The first-order valence-corrected chi connectivity index (χ1v) is 15.8. The van der Waals surface area contributed by atoms with Crippen LogP contribution in [0, 0.1) is 23.6 Å². The number of benzene rings is 3. The molecule has 3 fully saturated rings. The van der Waals surface area contributed by atoms with E-state index in [0.717, 1.165) is 22.6 Å². The van der Waals surface area contributed by atoms with Crippen molar-refractivity contribution in [3.05, 3.63) is 101 Å². The average Bonchev–Trinajstić information content (AvgIpc) is 3.38. The molecule has 4 aliphatic rings. The number of alkyl halides is 2. The summed E-state index contributed by atoms with van der Waals surface area (Å²) >= 11 is 14.7. The first kappa shape index (κ1) is 30.4. The van der Waals surface area contributed by atoms with Crippen LogP contribution in [0.2, 0.25) is 0 Å². The van der Waals surface area contributed by atoms with Crippen molar-refractivity contribution in [2.24, 2.45) is 17.8 Å². The maximum atomic E-state index is 14.4. The average molecular weight is 664 g/mol. The maximum absolute atomic E-state index is 14.4. The lowest BCUT2D eigenvalue weighted by atomic mass is 9.56. The number of carbonyl (C=O) groups excluding carboxylic acids is 4. The van der Waals surface area contributed by atoms with Gasteiger partial charge in [-0.15, -0.1) is 23.2 Å². The summed E-state index contributed by atoms with van der Waals surface area (Å²) in [6.45, 7) is 2.16. The van der Waals surface area contributed by atoms with E-state index in [-0.39, 0.29) is 54.8 Å². The second kappa shape index (κ2) is 11.0. The van der Waals surface area contributed by atoms with Crippen molar-refractivity contribution in [2.45, 2.75) is 42.0 Å². The Morgan fingerprint density at radius 3 is 2.33 bits per heavy atom. The molecule has 0 bridgehead atoms. The van der Waals surface area contributed by atoms with Crippen LogP contribution in [0.15, 0.2) is 84.4 Å². The van der Waals surface area contributed by atoms with E-state index in [2.05, 4.69) is 0 Å². The van der Waals surface area contributed by atoms with Crippen LogP contribution in [0.3, 0.4) is 0 Å². The monoisotopic (exact) mass is 662 g/mol. The summed E-state index contributed by atoms with van der Waals surface area (Å²) in [4.78, 5) is 53.4. The van der Waals surface area contributed by atoms with E-state index in [1.807, 2.05) is 30.3 Å². The Morgan fingerprint density at radius 2 is 1.65 bits per heavy atom. The number of carbonyl (C=O) groups is 4. The minimum absolute atomic E-state index is 0.0811. The van der Waals surface area contributed by atoms with Gasteiger partial charge in [0.1, 0.15) is 23.9 Å². The van der Waals surface area contributed by atoms with Gasteiger partial charge in [0.2, 0.25) is 11.8 Å². The molecule has 3 aromatic carbocycles. The normalized spacial score (nSPS) is 30.2. The summed E-state index contributed by atoms with van der Waals surface area (Å²) in [5.41, 5.74) is 1.77. The summed E-state index contributed by atoms with van der Waals surface area (Å²) in [7, 11) is 0. The van der Waals surface area contributed by atoms with E-state index in [4.69, 9.17) is 27.9 Å². The molecule has 11 heteroatoms. The zero-order chi connectivity index (χ0) is 32.5. The van der Waals surface area contributed by atoms with Gasteiger partial charge in [-0.25, -0.2) is 9.29 Å². The van der Waals surface area contributed by atoms with Crippen LogP contribution >= 0.6 is 23.2 Å². The number of phenols is 1. The number of hydrogen-bond acceptors (Lipinski definition) is 6. The number of likely N-dealkylation sites (tertiary alicyclic amines) is 1. The van der Waals surface area contributed by atoms with Gasteiger partial charge in [-0.2, -0.15) is 0 Å². The molecule has 0 radical (unpaired) electrons. The molecule has 6 atom stereocenters. The molecule has 7 rings (SSSR count).